The molecule has 0 aliphatic carbocycles. The summed E-state index contributed by atoms with van der Waals surface area (Å²) in [7, 11) is 0. The van der Waals surface area contributed by atoms with E-state index in [2.05, 4.69) is 10.6 Å². The number of hydrogen-bond acceptors (Lipinski definition) is 3. The fourth-order valence-corrected chi connectivity index (χ4v) is 1.85. The van der Waals surface area contributed by atoms with Gasteiger partial charge in [0.1, 0.15) is 11.6 Å². The fourth-order valence-electron chi connectivity index (χ4n) is 1.66. The van der Waals surface area contributed by atoms with Crippen LogP contribution in [0.15, 0.2) is 42.5 Å². The summed E-state index contributed by atoms with van der Waals surface area (Å²) in [6, 6.07) is 10.1. The molecule has 7 heteroatoms. The van der Waals surface area contributed by atoms with Gasteiger partial charge in [-0.05, 0) is 30.3 Å². The lowest BCUT2D eigenvalue weighted by atomic mass is 10.3. The molecule has 0 saturated carbocycles. The number of carbonyl (C=O) groups excluding carboxylic acids is 2. The first-order chi connectivity index (χ1) is 10.4. The maximum absolute atomic E-state index is 13.0. The van der Waals surface area contributed by atoms with Gasteiger partial charge < -0.3 is 10.1 Å². The molecule has 114 valence electrons. The van der Waals surface area contributed by atoms with Gasteiger partial charge in [-0.1, -0.05) is 17.7 Å². The average molecular weight is 323 g/mol. The molecule has 0 spiro atoms. The zero-order valence-corrected chi connectivity index (χ0v) is 12.3. The van der Waals surface area contributed by atoms with Gasteiger partial charge in [-0.2, -0.15) is 0 Å². The standard InChI is InChI=1S/C15H12ClFN2O3/c1-9(20)18-10-3-2-4-12(7-10)22-15(21)19-11-5-6-14(17)13(16)8-11/h2-8H,1H3,(H,18,20)(H,19,21). The summed E-state index contributed by atoms with van der Waals surface area (Å²) < 4.78 is 18.1. The Labute approximate surface area is 131 Å². The second-order valence-corrected chi connectivity index (χ2v) is 4.76. The molecule has 0 radical (unpaired) electrons. The quantitative estimate of drug-likeness (QED) is 0.895. The van der Waals surface area contributed by atoms with Gasteiger partial charge in [0.2, 0.25) is 5.91 Å². The largest absolute Gasteiger partial charge is 0.417 e. The van der Waals surface area contributed by atoms with Crippen molar-refractivity contribution in [3.8, 4) is 5.75 Å². The molecule has 0 saturated heterocycles. The molecule has 2 amide bonds. The predicted molar refractivity (Wildman–Crippen MR) is 81.8 cm³/mol. The van der Waals surface area contributed by atoms with Gasteiger partial charge in [-0.3, -0.25) is 10.1 Å². The van der Waals surface area contributed by atoms with E-state index in [1.165, 1.54) is 25.1 Å². The highest BCUT2D eigenvalue weighted by atomic mass is 35.5. The molecule has 2 N–H and O–H groups in total. The Morgan fingerprint density at radius 3 is 2.50 bits per heavy atom. The molecule has 0 bridgehead atoms. The highest BCUT2D eigenvalue weighted by Crippen LogP contribution is 2.21. The third-order valence-electron chi connectivity index (χ3n) is 2.53. The maximum atomic E-state index is 13.0. The van der Waals surface area contributed by atoms with E-state index in [4.69, 9.17) is 16.3 Å². The van der Waals surface area contributed by atoms with E-state index >= 15 is 0 Å². The third-order valence-corrected chi connectivity index (χ3v) is 2.82. The minimum atomic E-state index is -0.761. The highest BCUT2D eigenvalue weighted by Gasteiger charge is 2.08. The van der Waals surface area contributed by atoms with Crippen molar-refractivity contribution >= 4 is 35.0 Å². The number of amides is 2. The summed E-state index contributed by atoms with van der Waals surface area (Å²) in [5.41, 5.74) is 0.803. The molecular formula is C15H12ClFN2O3. The average Bonchev–Trinajstić information content (AvgIpc) is 2.42. The molecular weight excluding hydrogens is 311 g/mol. The van der Waals surface area contributed by atoms with E-state index in [0.717, 1.165) is 6.07 Å². The van der Waals surface area contributed by atoms with Crippen LogP contribution >= 0.6 is 11.6 Å². The molecule has 22 heavy (non-hydrogen) atoms. The Morgan fingerprint density at radius 2 is 1.82 bits per heavy atom. The summed E-state index contributed by atoms with van der Waals surface area (Å²) in [4.78, 5) is 22.7. The van der Waals surface area contributed by atoms with Crippen LogP contribution in [0.4, 0.5) is 20.6 Å². The summed E-state index contributed by atoms with van der Waals surface area (Å²) in [6.07, 6.45) is -0.761. The number of hydrogen-bond donors (Lipinski definition) is 2. The van der Waals surface area contributed by atoms with Crippen LogP contribution in [0.2, 0.25) is 5.02 Å². The Bertz CT molecular complexity index is 722. The Balaban J connectivity index is 2.02. The third kappa shape index (κ3) is 4.46. The first-order valence-electron chi connectivity index (χ1n) is 6.25. The molecule has 0 atom stereocenters. The maximum Gasteiger partial charge on any atom is 0.417 e. The molecule has 0 unspecified atom stereocenters. The van der Waals surface area contributed by atoms with Gasteiger partial charge in [0.25, 0.3) is 0 Å². The van der Waals surface area contributed by atoms with E-state index in [0.29, 0.717) is 11.4 Å². The number of benzene rings is 2. The summed E-state index contributed by atoms with van der Waals surface area (Å²) >= 11 is 5.62. The van der Waals surface area contributed by atoms with E-state index in [1.807, 2.05) is 0 Å². The van der Waals surface area contributed by atoms with Gasteiger partial charge >= 0.3 is 6.09 Å². The molecule has 0 fully saturated rings. The van der Waals surface area contributed by atoms with Crippen LogP contribution in [0.25, 0.3) is 0 Å². The smallest absolute Gasteiger partial charge is 0.410 e. The Kier molecular flexibility index (Phi) is 4.95. The second-order valence-electron chi connectivity index (χ2n) is 4.35. The number of nitrogens with one attached hydrogen (secondary N) is 2. The summed E-state index contributed by atoms with van der Waals surface area (Å²) in [5.74, 6) is -0.567. The monoisotopic (exact) mass is 322 g/mol. The number of halogens is 2. The highest BCUT2D eigenvalue weighted by molar-refractivity contribution is 6.31. The number of ether oxygens (including phenoxy) is 1. The van der Waals surface area contributed by atoms with Crippen LogP contribution in [-0.2, 0) is 4.79 Å². The van der Waals surface area contributed by atoms with Gasteiger partial charge in [-0.25, -0.2) is 9.18 Å². The van der Waals surface area contributed by atoms with E-state index in [-0.39, 0.29) is 16.7 Å². The van der Waals surface area contributed by atoms with Crippen molar-refractivity contribution in [1.29, 1.82) is 0 Å². The van der Waals surface area contributed by atoms with Crippen LogP contribution in [0.1, 0.15) is 6.92 Å². The number of carbonyl (C=O) groups is 2. The van der Waals surface area contributed by atoms with Crippen molar-refractivity contribution in [3.63, 3.8) is 0 Å². The van der Waals surface area contributed by atoms with E-state index in [9.17, 15) is 14.0 Å². The van der Waals surface area contributed by atoms with Crippen LogP contribution in [0.5, 0.6) is 5.75 Å². The van der Waals surface area contributed by atoms with Gasteiger partial charge in [0.05, 0.1) is 5.02 Å². The number of rotatable bonds is 3. The van der Waals surface area contributed by atoms with Gasteiger partial charge in [0, 0.05) is 24.4 Å². The topological polar surface area (TPSA) is 67.4 Å². The predicted octanol–water partition coefficient (Wildman–Crippen LogP) is 4.05. The molecule has 2 aromatic rings. The van der Waals surface area contributed by atoms with Crippen molar-refractivity contribution in [3.05, 3.63) is 53.3 Å². The molecule has 0 aliphatic heterocycles. The van der Waals surface area contributed by atoms with E-state index in [1.54, 1.807) is 18.2 Å². The van der Waals surface area contributed by atoms with Crippen molar-refractivity contribution < 1.29 is 18.7 Å². The lowest BCUT2D eigenvalue weighted by molar-refractivity contribution is -0.114. The van der Waals surface area contributed by atoms with Gasteiger partial charge in [0.15, 0.2) is 0 Å². The minimum absolute atomic E-state index is 0.106. The van der Waals surface area contributed by atoms with Crippen LogP contribution < -0.4 is 15.4 Å². The lowest BCUT2D eigenvalue weighted by Crippen LogP contribution is -2.17. The van der Waals surface area contributed by atoms with E-state index < -0.39 is 11.9 Å². The molecule has 2 rings (SSSR count). The molecule has 0 aromatic heterocycles. The van der Waals surface area contributed by atoms with Crippen molar-refractivity contribution in [1.82, 2.24) is 0 Å². The molecule has 0 aliphatic rings. The molecule has 2 aromatic carbocycles. The fraction of sp³-hybridized carbons (Fsp3) is 0.0667. The van der Waals surface area contributed by atoms with Crippen LogP contribution in [-0.4, -0.2) is 12.0 Å². The number of anilines is 2. The zero-order valence-electron chi connectivity index (χ0n) is 11.5. The first-order valence-corrected chi connectivity index (χ1v) is 6.63. The summed E-state index contributed by atoms with van der Waals surface area (Å²) in [6.45, 7) is 1.37. The lowest BCUT2D eigenvalue weighted by Gasteiger charge is -2.08. The Hall–Kier alpha value is -2.60. The van der Waals surface area contributed by atoms with Crippen LogP contribution in [0, 0.1) is 5.82 Å². The minimum Gasteiger partial charge on any atom is -0.410 e. The normalized spacial score (nSPS) is 9.95. The van der Waals surface area contributed by atoms with Crippen LogP contribution in [0.3, 0.4) is 0 Å². The Morgan fingerprint density at radius 1 is 1.09 bits per heavy atom. The first kappa shape index (κ1) is 15.8. The molecule has 5 nitrogen and oxygen atoms in total. The zero-order chi connectivity index (χ0) is 16.1. The summed E-state index contributed by atoms with van der Waals surface area (Å²) in [5, 5.41) is 4.89. The van der Waals surface area contributed by atoms with Crippen molar-refractivity contribution in [2.45, 2.75) is 6.92 Å². The molecule has 0 heterocycles. The SMILES string of the molecule is CC(=O)Nc1cccc(OC(=O)Nc2ccc(F)c(Cl)c2)c1. The van der Waals surface area contributed by atoms with Crippen molar-refractivity contribution in [2.24, 2.45) is 0 Å². The van der Waals surface area contributed by atoms with Gasteiger partial charge in [-0.15, -0.1) is 0 Å². The second kappa shape index (κ2) is 6.91. The van der Waals surface area contributed by atoms with Crippen molar-refractivity contribution in [2.75, 3.05) is 10.6 Å².